The first-order valence-corrected chi connectivity index (χ1v) is 9.99. The lowest BCUT2D eigenvalue weighted by molar-refractivity contribution is -0.121. The van der Waals surface area contributed by atoms with E-state index in [2.05, 4.69) is 12.2 Å². The van der Waals surface area contributed by atoms with Crippen molar-refractivity contribution >= 4 is 17.5 Å². The summed E-state index contributed by atoms with van der Waals surface area (Å²) in [6.07, 6.45) is 4.51. The lowest BCUT2D eigenvalue weighted by atomic mass is 10.1. The second kappa shape index (κ2) is 9.40. The van der Waals surface area contributed by atoms with Gasteiger partial charge in [-0.15, -0.1) is 0 Å². The van der Waals surface area contributed by atoms with Gasteiger partial charge in [-0.25, -0.2) is 0 Å². The molecule has 0 unspecified atom stereocenters. The zero-order valence-electron chi connectivity index (χ0n) is 16.7. The zero-order valence-corrected chi connectivity index (χ0v) is 16.7. The largest absolute Gasteiger partial charge is 0.482 e. The fourth-order valence-corrected chi connectivity index (χ4v) is 3.33. The Kier molecular flexibility index (Phi) is 6.69. The summed E-state index contributed by atoms with van der Waals surface area (Å²) in [5.74, 6) is 0.568. The molecule has 0 saturated heterocycles. The number of rotatable bonds is 8. The lowest BCUT2D eigenvalue weighted by Crippen LogP contribution is -2.38. The summed E-state index contributed by atoms with van der Waals surface area (Å²) >= 11 is 0. The van der Waals surface area contributed by atoms with Crippen molar-refractivity contribution in [1.82, 2.24) is 5.32 Å². The Hall–Kier alpha value is -2.82. The Morgan fingerprint density at radius 1 is 1.14 bits per heavy atom. The third kappa shape index (κ3) is 4.91. The van der Waals surface area contributed by atoms with Gasteiger partial charge in [0.25, 0.3) is 11.8 Å². The highest BCUT2D eigenvalue weighted by atomic mass is 16.5. The van der Waals surface area contributed by atoms with E-state index in [0.29, 0.717) is 24.4 Å². The van der Waals surface area contributed by atoms with Crippen LogP contribution in [0.25, 0.3) is 0 Å². The number of unbranched alkanes of at least 4 members (excludes halogenated alkanes) is 3. The molecule has 0 aliphatic carbocycles. The molecule has 0 radical (unpaired) electrons. The third-order valence-electron chi connectivity index (χ3n) is 4.90. The monoisotopic (exact) mass is 380 g/mol. The van der Waals surface area contributed by atoms with Gasteiger partial charge in [0.2, 0.25) is 0 Å². The maximum Gasteiger partial charge on any atom is 0.265 e. The fraction of sp³-hybridized carbons (Fsp3) is 0.391. The molecule has 2 aromatic carbocycles. The van der Waals surface area contributed by atoms with Gasteiger partial charge in [-0.1, -0.05) is 44.4 Å². The molecule has 2 aromatic rings. The van der Waals surface area contributed by atoms with E-state index in [1.807, 2.05) is 49.4 Å². The predicted molar refractivity (Wildman–Crippen MR) is 111 cm³/mol. The lowest BCUT2D eigenvalue weighted by Gasteiger charge is -2.29. The van der Waals surface area contributed by atoms with Gasteiger partial charge in [0.1, 0.15) is 5.75 Å². The molecule has 3 rings (SSSR count). The Bertz CT molecular complexity index is 847. The van der Waals surface area contributed by atoms with Crippen LogP contribution in [0.3, 0.4) is 0 Å². The highest BCUT2D eigenvalue weighted by molar-refractivity contribution is 5.98. The van der Waals surface area contributed by atoms with E-state index < -0.39 is 0 Å². The van der Waals surface area contributed by atoms with Gasteiger partial charge in [-0.05, 0) is 48.7 Å². The van der Waals surface area contributed by atoms with E-state index in [1.54, 1.807) is 4.90 Å². The smallest absolute Gasteiger partial charge is 0.265 e. The number of hydrogen-bond donors (Lipinski definition) is 1. The SMILES string of the molecule is CCCCCCNC(=O)c1cccc(CN2C(=O)COc3ccc(C)cc32)c1. The van der Waals surface area contributed by atoms with E-state index in [9.17, 15) is 9.59 Å². The number of nitrogens with one attached hydrogen (secondary N) is 1. The van der Waals surface area contributed by atoms with Crippen molar-refractivity contribution in [2.45, 2.75) is 46.1 Å². The minimum absolute atomic E-state index is 0.0357. The quantitative estimate of drug-likeness (QED) is 0.697. The van der Waals surface area contributed by atoms with E-state index in [0.717, 1.165) is 29.7 Å². The summed E-state index contributed by atoms with van der Waals surface area (Å²) < 4.78 is 5.54. The van der Waals surface area contributed by atoms with Gasteiger partial charge >= 0.3 is 0 Å². The van der Waals surface area contributed by atoms with E-state index in [4.69, 9.17) is 4.74 Å². The normalized spacial score (nSPS) is 13.1. The summed E-state index contributed by atoms with van der Waals surface area (Å²) in [4.78, 5) is 26.6. The molecule has 1 aliphatic rings. The van der Waals surface area contributed by atoms with Crippen molar-refractivity contribution in [1.29, 1.82) is 0 Å². The van der Waals surface area contributed by atoms with Gasteiger partial charge in [0.15, 0.2) is 6.61 Å². The molecule has 28 heavy (non-hydrogen) atoms. The molecule has 0 fully saturated rings. The standard InChI is InChI=1S/C23H28N2O3/c1-3-4-5-6-12-24-23(27)19-9-7-8-18(14-19)15-25-20-13-17(2)10-11-21(20)28-16-22(25)26/h7-11,13-14H,3-6,12,15-16H2,1-2H3,(H,24,27). The van der Waals surface area contributed by atoms with Crippen molar-refractivity contribution in [3.05, 3.63) is 59.2 Å². The van der Waals surface area contributed by atoms with Crippen LogP contribution in [0.1, 0.15) is 54.1 Å². The maximum atomic E-state index is 12.4. The first-order valence-electron chi connectivity index (χ1n) is 9.99. The molecule has 5 heteroatoms. The number of carbonyl (C=O) groups is 2. The topological polar surface area (TPSA) is 58.6 Å². The van der Waals surface area contributed by atoms with Crippen molar-refractivity contribution < 1.29 is 14.3 Å². The molecule has 2 amide bonds. The van der Waals surface area contributed by atoms with Crippen LogP contribution in [0, 0.1) is 6.92 Å². The minimum atomic E-state index is -0.0797. The fourth-order valence-electron chi connectivity index (χ4n) is 3.33. The molecule has 0 spiro atoms. The van der Waals surface area contributed by atoms with Crippen molar-refractivity contribution in [3.8, 4) is 5.75 Å². The Labute approximate surface area is 166 Å². The van der Waals surface area contributed by atoms with Gasteiger partial charge in [-0.2, -0.15) is 0 Å². The molecule has 1 aliphatic heterocycles. The number of anilines is 1. The number of benzene rings is 2. The molecule has 0 atom stereocenters. The summed E-state index contributed by atoms with van der Waals surface area (Å²) in [5, 5.41) is 2.98. The average Bonchev–Trinajstić information content (AvgIpc) is 2.70. The summed E-state index contributed by atoms with van der Waals surface area (Å²) in [5.41, 5.74) is 3.39. The molecule has 1 N–H and O–H groups in total. The van der Waals surface area contributed by atoms with Crippen molar-refractivity contribution in [2.24, 2.45) is 0 Å². The molecular weight excluding hydrogens is 352 g/mol. The van der Waals surface area contributed by atoms with Crippen LogP contribution in [0.15, 0.2) is 42.5 Å². The molecule has 148 valence electrons. The van der Waals surface area contributed by atoms with Gasteiger partial charge < -0.3 is 15.0 Å². The van der Waals surface area contributed by atoms with Gasteiger partial charge in [-0.3, -0.25) is 9.59 Å². The second-order valence-corrected chi connectivity index (χ2v) is 7.26. The molecule has 0 aromatic heterocycles. The molecule has 0 saturated carbocycles. The number of hydrogen-bond acceptors (Lipinski definition) is 3. The number of nitrogens with zero attached hydrogens (tertiary/aromatic N) is 1. The number of amides is 2. The van der Waals surface area contributed by atoms with Crippen LogP contribution >= 0.6 is 0 Å². The highest BCUT2D eigenvalue weighted by Crippen LogP contribution is 2.33. The van der Waals surface area contributed by atoms with Gasteiger partial charge in [0, 0.05) is 12.1 Å². The summed E-state index contributed by atoms with van der Waals surface area (Å²) in [7, 11) is 0. The zero-order chi connectivity index (χ0) is 19.9. The van der Waals surface area contributed by atoms with Crippen LogP contribution < -0.4 is 15.0 Å². The van der Waals surface area contributed by atoms with E-state index >= 15 is 0 Å². The maximum absolute atomic E-state index is 12.4. The number of fused-ring (bicyclic) bond motifs is 1. The number of ether oxygens (including phenoxy) is 1. The summed E-state index contributed by atoms with van der Waals surface area (Å²) in [6.45, 7) is 5.30. The van der Waals surface area contributed by atoms with E-state index in [1.165, 1.54) is 12.8 Å². The molecule has 0 bridgehead atoms. The predicted octanol–water partition coefficient (Wildman–Crippen LogP) is 4.23. The first kappa shape index (κ1) is 19.9. The van der Waals surface area contributed by atoms with Crippen LogP contribution in [-0.2, 0) is 11.3 Å². The second-order valence-electron chi connectivity index (χ2n) is 7.26. The number of carbonyl (C=O) groups excluding carboxylic acids is 2. The van der Waals surface area contributed by atoms with Crippen LogP contribution in [-0.4, -0.2) is 25.0 Å². The third-order valence-corrected chi connectivity index (χ3v) is 4.90. The van der Waals surface area contributed by atoms with E-state index in [-0.39, 0.29) is 18.4 Å². The average molecular weight is 380 g/mol. The Morgan fingerprint density at radius 2 is 2.00 bits per heavy atom. The molecule has 1 heterocycles. The van der Waals surface area contributed by atoms with Crippen LogP contribution in [0.5, 0.6) is 5.75 Å². The Morgan fingerprint density at radius 3 is 2.82 bits per heavy atom. The molecule has 5 nitrogen and oxygen atoms in total. The van der Waals surface area contributed by atoms with Crippen LogP contribution in [0.4, 0.5) is 5.69 Å². The van der Waals surface area contributed by atoms with Gasteiger partial charge in [0.05, 0.1) is 12.2 Å². The minimum Gasteiger partial charge on any atom is -0.482 e. The first-order chi connectivity index (χ1) is 13.6. The summed E-state index contributed by atoms with van der Waals surface area (Å²) in [6, 6.07) is 13.3. The highest BCUT2D eigenvalue weighted by Gasteiger charge is 2.25. The van der Waals surface area contributed by atoms with Crippen LogP contribution in [0.2, 0.25) is 0 Å². The molecular formula is C23H28N2O3. The number of aryl methyl sites for hydroxylation is 1. The van der Waals surface area contributed by atoms with Crippen molar-refractivity contribution in [3.63, 3.8) is 0 Å². The van der Waals surface area contributed by atoms with Crippen molar-refractivity contribution in [2.75, 3.05) is 18.1 Å². The Balaban J connectivity index is 1.69.